The van der Waals surface area contributed by atoms with Gasteiger partial charge in [0.2, 0.25) is 5.75 Å². The van der Waals surface area contributed by atoms with Gasteiger partial charge < -0.3 is 9.84 Å². The van der Waals surface area contributed by atoms with Crippen LogP contribution in [-0.2, 0) is 0 Å². The highest BCUT2D eigenvalue weighted by molar-refractivity contribution is 14.1. The largest absolute Gasteiger partial charge is 0.478 e. The minimum absolute atomic E-state index is 0.0140. The van der Waals surface area contributed by atoms with Gasteiger partial charge in [-0.2, -0.15) is 0 Å². The maximum atomic E-state index is 11.0. The molecule has 21 heavy (non-hydrogen) atoms. The number of aromatic carboxylic acids is 1. The molecule has 0 aliphatic rings. The number of carboxylic acid groups (broad SMARTS) is 1. The molecule has 0 spiro atoms. The van der Waals surface area contributed by atoms with Crippen LogP contribution in [0.25, 0.3) is 0 Å². The molecular formula is C13H7ClINO5. The predicted molar refractivity (Wildman–Crippen MR) is 84.3 cm³/mol. The van der Waals surface area contributed by atoms with Gasteiger partial charge in [0.25, 0.3) is 0 Å². The normalized spacial score (nSPS) is 10.2. The van der Waals surface area contributed by atoms with Crippen molar-refractivity contribution in [2.45, 2.75) is 0 Å². The van der Waals surface area contributed by atoms with Crippen LogP contribution in [0.5, 0.6) is 11.5 Å². The van der Waals surface area contributed by atoms with Crippen molar-refractivity contribution in [2.75, 3.05) is 0 Å². The monoisotopic (exact) mass is 419 g/mol. The van der Waals surface area contributed by atoms with Crippen molar-refractivity contribution in [3.63, 3.8) is 0 Å². The van der Waals surface area contributed by atoms with Gasteiger partial charge in [0.05, 0.1) is 19.1 Å². The molecular weight excluding hydrogens is 413 g/mol. The van der Waals surface area contributed by atoms with Crippen molar-refractivity contribution >= 4 is 45.8 Å². The molecule has 0 bridgehead atoms. The fourth-order valence-electron chi connectivity index (χ4n) is 1.57. The molecule has 108 valence electrons. The standard InChI is InChI=1S/C13H7ClINO5/c14-8-2-1-3-10(16(19)20)12(8)21-11-6-7(13(17)18)4-5-9(11)15/h1-6H,(H,17,18). The third kappa shape index (κ3) is 3.42. The van der Waals surface area contributed by atoms with Crippen molar-refractivity contribution in [1.82, 2.24) is 0 Å². The number of carboxylic acids is 1. The van der Waals surface area contributed by atoms with Crippen molar-refractivity contribution in [3.8, 4) is 11.5 Å². The summed E-state index contributed by atoms with van der Waals surface area (Å²) in [5.41, 5.74) is -0.279. The first-order valence-corrected chi connectivity index (χ1v) is 6.99. The quantitative estimate of drug-likeness (QED) is 0.452. The second-order valence-corrected chi connectivity index (χ2v) is 5.47. The second-order valence-electron chi connectivity index (χ2n) is 3.90. The maximum absolute atomic E-state index is 11.0. The number of benzene rings is 2. The smallest absolute Gasteiger partial charge is 0.335 e. The van der Waals surface area contributed by atoms with E-state index in [0.717, 1.165) is 0 Å². The fourth-order valence-corrected chi connectivity index (χ4v) is 2.22. The highest BCUT2D eigenvalue weighted by Crippen LogP contribution is 2.39. The number of nitro benzene ring substituents is 1. The SMILES string of the molecule is O=C(O)c1ccc(I)c(Oc2c(Cl)cccc2[N+](=O)[O-])c1. The molecule has 0 aliphatic carbocycles. The zero-order valence-electron chi connectivity index (χ0n) is 10.2. The van der Waals surface area contributed by atoms with E-state index >= 15 is 0 Å². The Balaban J connectivity index is 2.50. The van der Waals surface area contributed by atoms with Gasteiger partial charge in [0.1, 0.15) is 5.75 Å². The van der Waals surface area contributed by atoms with E-state index in [1.54, 1.807) is 6.07 Å². The number of nitrogens with zero attached hydrogens (tertiary/aromatic N) is 1. The molecule has 0 unspecified atom stereocenters. The Kier molecular flexibility index (Phi) is 4.63. The molecule has 6 nitrogen and oxygen atoms in total. The minimum Gasteiger partial charge on any atom is -0.478 e. The molecule has 2 aromatic rings. The summed E-state index contributed by atoms with van der Waals surface area (Å²) < 4.78 is 6.08. The van der Waals surface area contributed by atoms with E-state index in [9.17, 15) is 14.9 Å². The van der Waals surface area contributed by atoms with Crippen molar-refractivity contribution < 1.29 is 19.6 Å². The van der Waals surface area contributed by atoms with E-state index in [1.807, 2.05) is 22.6 Å². The van der Waals surface area contributed by atoms with E-state index in [2.05, 4.69) is 0 Å². The van der Waals surface area contributed by atoms with Crippen LogP contribution < -0.4 is 4.74 Å². The van der Waals surface area contributed by atoms with Crippen molar-refractivity contribution in [2.24, 2.45) is 0 Å². The lowest BCUT2D eigenvalue weighted by atomic mass is 10.2. The Morgan fingerprint density at radius 3 is 2.67 bits per heavy atom. The van der Waals surface area contributed by atoms with E-state index in [0.29, 0.717) is 3.57 Å². The van der Waals surface area contributed by atoms with Gasteiger partial charge in [-0.25, -0.2) is 4.79 Å². The van der Waals surface area contributed by atoms with Crippen LogP contribution in [0.3, 0.4) is 0 Å². The van der Waals surface area contributed by atoms with Gasteiger partial charge in [-0.1, -0.05) is 17.7 Å². The first kappa shape index (κ1) is 15.5. The molecule has 0 heterocycles. The van der Waals surface area contributed by atoms with E-state index < -0.39 is 10.9 Å². The van der Waals surface area contributed by atoms with Crippen LogP contribution in [0.15, 0.2) is 36.4 Å². The lowest BCUT2D eigenvalue weighted by Crippen LogP contribution is -1.99. The molecule has 0 aliphatic heterocycles. The van der Waals surface area contributed by atoms with Crippen LogP contribution in [0, 0.1) is 13.7 Å². The van der Waals surface area contributed by atoms with Gasteiger partial charge in [0, 0.05) is 6.07 Å². The zero-order chi connectivity index (χ0) is 15.6. The molecule has 0 saturated carbocycles. The Morgan fingerprint density at radius 1 is 1.33 bits per heavy atom. The van der Waals surface area contributed by atoms with Crippen LogP contribution >= 0.6 is 34.2 Å². The number of rotatable bonds is 4. The Labute approximate surface area is 137 Å². The van der Waals surface area contributed by atoms with Crippen LogP contribution in [-0.4, -0.2) is 16.0 Å². The summed E-state index contributed by atoms with van der Waals surface area (Å²) in [4.78, 5) is 21.3. The topological polar surface area (TPSA) is 89.7 Å². The molecule has 0 radical (unpaired) electrons. The summed E-state index contributed by atoms with van der Waals surface area (Å²) in [5.74, 6) is -1.05. The molecule has 0 amide bonds. The molecule has 0 fully saturated rings. The average molecular weight is 420 g/mol. The average Bonchev–Trinajstić information content (AvgIpc) is 2.42. The molecule has 2 aromatic carbocycles. The summed E-state index contributed by atoms with van der Waals surface area (Å²) in [6.07, 6.45) is 0. The lowest BCUT2D eigenvalue weighted by molar-refractivity contribution is -0.385. The maximum Gasteiger partial charge on any atom is 0.335 e. The summed E-state index contributed by atoms with van der Waals surface area (Å²) in [7, 11) is 0. The number of nitro groups is 1. The molecule has 1 N–H and O–H groups in total. The Bertz CT molecular complexity index is 734. The van der Waals surface area contributed by atoms with Gasteiger partial charge in [-0.05, 0) is 46.9 Å². The van der Waals surface area contributed by atoms with Crippen LogP contribution in [0.1, 0.15) is 10.4 Å². The number of halogens is 2. The third-order valence-electron chi connectivity index (χ3n) is 2.53. The minimum atomic E-state index is -1.12. The fraction of sp³-hybridized carbons (Fsp3) is 0. The van der Waals surface area contributed by atoms with E-state index in [1.165, 1.54) is 30.3 Å². The molecule has 8 heteroatoms. The number of ether oxygens (including phenoxy) is 1. The third-order valence-corrected chi connectivity index (χ3v) is 3.72. The number of carbonyl (C=O) groups is 1. The van der Waals surface area contributed by atoms with Crippen LogP contribution in [0.2, 0.25) is 5.02 Å². The van der Waals surface area contributed by atoms with Gasteiger partial charge in [0.15, 0.2) is 0 Å². The number of hydrogen-bond acceptors (Lipinski definition) is 4. The van der Waals surface area contributed by atoms with Gasteiger partial charge in [-0.15, -0.1) is 0 Å². The zero-order valence-corrected chi connectivity index (χ0v) is 13.2. The van der Waals surface area contributed by atoms with E-state index in [-0.39, 0.29) is 27.8 Å². The Hall–Kier alpha value is -1.87. The highest BCUT2D eigenvalue weighted by Gasteiger charge is 2.20. The summed E-state index contributed by atoms with van der Waals surface area (Å²) >= 11 is 7.87. The van der Waals surface area contributed by atoms with Gasteiger partial charge in [-0.3, -0.25) is 10.1 Å². The second kappa shape index (κ2) is 6.27. The molecule has 0 atom stereocenters. The molecule has 0 aromatic heterocycles. The van der Waals surface area contributed by atoms with E-state index in [4.69, 9.17) is 21.4 Å². The predicted octanol–water partition coefficient (Wildman–Crippen LogP) is 4.34. The lowest BCUT2D eigenvalue weighted by Gasteiger charge is -2.10. The number of hydrogen-bond donors (Lipinski definition) is 1. The molecule has 0 saturated heterocycles. The van der Waals surface area contributed by atoms with Crippen molar-refractivity contribution in [3.05, 3.63) is 60.7 Å². The van der Waals surface area contributed by atoms with Crippen LogP contribution in [0.4, 0.5) is 5.69 Å². The molecule has 2 rings (SSSR count). The summed E-state index contributed by atoms with van der Waals surface area (Å²) in [6, 6.07) is 8.40. The first-order chi connectivity index (χ1) is 9.90. The van der Waals surface area contributed by atoms with Crippen molar-refractivity contribution in [1.29, 1.82) is 0 Å². The Morgan fingerprint density at radius 2 is 2.05 bits per heavy atom. The highest BCUT2D eigenvalue weighted by atomic mass is 127. The number of para-hydroxylation sites is 1. The summed E-state index contributed by atoms with van der Waals surface area (Å²) in [6.45, 7) is 0. The summed E-state index contributed by atoms with van der Waals surface area (Å²) in [5, 5.41) is 20.0. The van der Waals surface area contributed by atoms with Gasteiger partial charge >= 0.3 is 11.7 Å². The first-order valence-electron chi connectivity index (χ1n) is 5.53.